The van der Waals surface area contributed by atoms with E-state index in [9.17, 15) is 15.0 Å². The van der Waals surface area contributed by atoms with Crippen molar-refractivity contribution in [2.24, 2.45) is 0 Å². The molecule has 7 atom stereocenters. The van der Waals surface area contributed by atoms with Crippen LogP contribution < -0.4 is 5.32 Å². The Morgan fingerprint density at radius 3 is 2.53 bits per heavy atom. The Bertz CT molecular complexity index is 1020. The van der Waals surface area contributed by atoms with E-state index in [1.165, 1.54) is 6.08 Å². The van der Waals surface area contributed by atoms with Crippen LogP contribution in [0.5, 0.6) is 0 Å². The Morgan fingerprint density at radius 2 is 1.87 bits per heavy atom. The van der Waals surface area contributed by atoms with Crippen molar-refractivity contribution in [3.8, 4) is 0 Å². The van der Waals surface area contributed by atoms with E-state index < -0.39 is 48.7 Å². The summed E-state index contributed by atoms with van der Waals surface area (Å²) in [5.74, 6) is -1.23. The van der Waals surface area contributed by atoms with E-state index in [-0.39, 0.29) is 13.2 Å². The van der Waals surface area contributed by atoms with Crippen molar-refractivity contribution in [3.05, 3.63) is 84.4 Å². The molecule has 0 spiro atoms. The van der Waals surface area contributed by atoms with Crippen LogP contribution >= 0.6 is 0 Å². The predicted molar refractivity (Wildman–Crippen MR) is 139 cm³/mol. The molecule has 4 rings (SSSR count). The Kier molecular flexibility index (Phi) is 10.0. The van der Waals surface area contributed by atoms with Crippen molar-refractivity contribution in [2.45, 2.75) is 75.5 Å². The van der Waals surface area contributed by atoms with E-state index in [1.54, 1.807) is 0 Å². The van der Waals surface area contributed by atoms with Crippen LogP contribution in [0.15, 0.2) is 73.3 Å². The van der Waals surface area contributed by atoms with Crippen LogP contribution in [0.4, 0.5) is 0 Å². The lowest BCUT2D eigenvalue weighted by atomic mass is 9.91. The molecule has 2 saturated heterocycles. The van der Waals surface area contributed by atoms with Crippen LogP contribution in [-0.4, -0.2) is 65.8 Å². The third kappa shape index (κ3) is 6.68. The first-order valence-corrected chi connectivity index (χ1v) is 13.1. The van der Waals surface area contributed by atoms with Gasteiger partial charge in [-0.25, -0.2) is 4.79 Å². The molecule has 2 unspecified atom stereocenters. The van der Waals surface area contributed by atoms with E-state index in [2.05, 4.69) is 18.8 Å². The Labute approximate surface area is 223 Å². The Balaban J connectivity index is 1.65. The van der Waals surface area contributed by atoms with Gasteiger partial charge in [-0.3, -0.25) is 5.32 Å². The number of hydrogen-bond acceptors (Lipinski definition) is 8. The number of fused-ring (bicyclic) bond motifs is 1. The summed E-state index contributed by atoms with van der Waals surface area (Å²) in [4.78, 5) is 11.9. The van der Waals surface area contributed by atoms with Gasteiger partial charge in [0.05, 0.1) is 13.2 Å². The maximum atomic E-state index is 12.2. The molecule has 0 aliphatic carbocycles. The molecule has 2 aromatic carbocycles. The number of carboxylic acid groups (broad SMARTS) is 1. The molecule has 2 aliphatic rings. The first-order chi connectivity index (χ1) is 18.5. The van der Waals surface area contributed by atoms with Crippen molar-refractivity contribution in [1.29, 1.82) is 0 Å². The zero-order chi connectivity index (χ0) is 27.0. The second-order valence-electron chi connectivity index (χ2n) is 9.49. The topological polar surface area (TPSA) is 116 Å². The fraction of sp³-hybridized carbons (Fsp3) is 0.483. The highest BCUT2D eigenvalue weighted by Crippen LogP contribution is 2.40. The van der Waals surface area contributed by atoms with Gasteiger partial charge in [0.15, 0.2) is 18.1 Å². The van der Waals surface area contributed by atoms with Crippen LogP contribution in [0.3, 0.4) is 0 Å². The number of unbranched alkanes of at least 4 members (excludes halogenated alkanes) is 2. The third-order valence-electron chi connectivity index (χ3n) is 6.70. The highest BCUT2D eigenvalue weighted by molar-refractivity contribution is 5.74. The third-order valence-corrected chi connectivity index (χ3v) is 6.70. The van der Waals surface area contributed by atoms with E-state index in [0.717, 1.165) is 30.4 Å². The number of benzene rings is 2. The predicted octanol–water partition coefficient (Wildman–Crippen LogP) is 3.54. The fourth-order valence-corrected chi connectivity index (χ4v) is 4.68. The standard InChI is InChI=1S/C29H37NO8/c1-3-5-12-17-30-29(33)25(36-22(4-2)26(31)32)24-23(19-34-27(38-24)21-15-10-7-11-16-21)37-28(29)35-18-20-13-8-6-9-14-20/h4,6-11,13-16,22-25,27-28,30,33H,2-3,5,12,17-19H2,1H3,(H,31,32)/t22?,23-,24-,25+,27?,28+,29-/m1/s1. The van der Waals surface area contributed by atoms with Crippen molar-refractivity contribution in [2.75, 3.05) is 13.2 Å². The summed E-state index contributed by atoms with van der Waals surface area (Å²) in [6, 6.07) is 18.9. The monoisotopic (exact) mass is 527 g/mol. The summed E-state index contributed by atoms with van der Waals surface area (Å²) < 4.78 is 30.6. The lowest BCUT2D eigenvalue weighted by Crippen LogP contribution is -2.75. The van der Waals surface area contributed by atoms with Crippen LogP contribution in [0.25, 0.3) is 0 Å². The lowest BCUT2D eigenvalue weighted by Gasteiger charge is -2.53. The first-order valence-electron chi connectivity index (χ1n) is 13.1. The summed E-state index contributed by atoms with van der Waals surface area (Å²) >= 11 is 0. The molecule has 0 amide bonds. The molecule has 0 bridgehead atoms. The van der Waals surface area contributed by atoms with Gasteiger partial charge in [-0.15, -0.1) is 0 Å². The molecule has 9 heteroatoms. The van der Waals surface area contributed by atoms with Gasteiger partial charge in [0.2, 0.25) is 6.29 Å². The van der Waals surface area contributed by atoms with Crippen molar-refractivity contribution >= 4 is 5.97 Å². The fourth-order valence-electron chi connectivity index (χ4n) is 4.68. The minimum absolute atomic E-state index is 0.132. The summed E-state index contributed by atoms with van der Waals surface area (Å²) in [5, 5.41) is 25.1. The van der Waals surface area contributed by atoms with Gasteiger partial charge in [-0.05, 0) is 18.5 Å². The Morgan fingerprint density at radius 1 is 1.16 bits per heavy atom. The number of nitrogens with one attached hydrogen (secondary N) is 1. The van der Waals surface area contributed by atoms with Crippen molar-refractivity contribution in [1.82, 2.24) is 5.32 Å². The van der Waals surface area contributed by atoms with Crippen LogP contribution in [0.1, 0.15) is 43.6 Å². The van der Waals surface area contributed by atoms with Gasteiger partial charge in [0.25, 0.3) is 0 Å². The number of carboxylic acids is 1. The molecule has 206 valence electrons. The average Bonchev–Trinajstić information content (AvgIpc) is 2.94. The normalized spacial score (nSPS) is 29.8. The molecular weight excluding hydrogens is 490 g/mol. The molecule has 2 fully saturated rings. The summed E-state index contributed by atoms with van der Waals surface area (Å²) in [7, 11) is 0. The van der Waals surface area contributed by atoms with Crippen LogP contribution in [-0.2, 0) is 35.1 Å². The van der Waals surface area contributed by atoms with Crippen LogP contribution in [0.2, 0.25) is 0 Å². The minimum atomic E-state index is -1.93. The van der Waals surface area contributed by atoms with Gasteiger partial charge >= 0.3 is 5.97 Å². The summed E-state index contributed by atoms with van der Waals surface area (Å²) in [6.45, 7) is 6.42. The van der Waals surface area contributed by atoms with E-state index in [0.29, 0.717) is 6.54 Å². The van der Waals surface area contributed by atoms with Gasteiger partial charge in [0.1, 0.15) is 18.3 Å². The molecule has 2 aromatic rings. The maximum absolute atomic E-state index is 12.2. The summed E-state index contributed by atoms with van der Waals surface area (Å²) in [6.07, 6.45) is -2.16. The molecule has 9 nitrogen and oxygen atoms in total. The second-order valence-corrected chi connectivity index (χ2v) is 9.49. The SMILES string of the molecule is C=CC(O[C@H]1[C@@H]2OC(c3ccccc3)OC[C@H]2O[C@H](OCc2ccccc2)[C@@]1(O)NCCCCC)C(=O)O. The largest absolute Gasteiger partial charge is 0.479 e. The number of aliphatic hydroxyl groups is 1. The average molecular weight is 528 g/mol. The molecule has 0 radical (unpaired) electrons. The molecule has 2 heterocycles. The van der Waals surface area contributed by atoms with Gasteiger partial charge in [-0.1, -0.05) is 93.1 Å². The molecular formula is C29H37NO8. The molecule has 0 saturated carbocycles. The molecule has 3 N–H and O–H groups in total. The van der Waals surface area contributed by atoms with E-state index in [4.69, 9.17) is 23.7 Å². The first kappa shape index (κ1) is 28.4. The zero-order valence-corrected chi connectivity index (χ0v) is 21.6. The van der Waals surface area contributed by atoms with Gasteiger partial charge in [-0.2, -0.15) is 0 Å². The second kappa shape index (κ2) is 13.4. The number of hydrogen-bond donors (Lipinski definition) is 3. The van der Waals surface area contributed by atoms with Crippen LogP contribution in [0, 0.1) is 0 Å². The van der Waals surface area contributed by atoms with Gasteiger partial charge < -0.3 is 33.9 Å². The molecule has 38 heavy (non-hydrogen) atoms. The lowest BCUT2D eigenvalue weighted by molar-refractivity contribution is -0.400. The smallest absolute Gasteiger partial charge is 0.336 e. The number of rotatable bonds is 13. The molecule has 2 aliphatic heterocycles. The van der Waals surface area contributed by atoms with Crippen molar-refractivity contribution < 1.29 is 38.7 Å². The minimum Gasteiger partial charge on any atom is -0.479 e. The van der Waals surface area contributed by atoms with Crippen molar-refractivity contribution in [3.63, 3.8) is 0 Å². The van der Waals surface area contributed by atoms with E-state index >= 15 is 0 Å². The van der Waals surface area contributed by atoms with E-state index in [1.807, 2.05) is 60.7 Å². The zero-order valence-electron chi connectivity index (χ0n) is 21.6. The number of ether oxygens (including phenoxy) is 5. The highest BCUT2D eigenvalue weighted by Gasteiger charge is 2.60. The summed E-state index contributed by atoms with van der Waals surface area (Å²) in [5.41, 5.74) is -0.261. The quantitative estimate of drug-likeness (QED) is 0.204. The molecule has 0 aromatic heterocycles. The van der Waals surface area contributed by atoms with Gasteiger partial charge in [0, 0.05) is 5.56 Å². The number of aliphatic carboxylic acids is 1. The Hall–Kier alpha value is -2.63. The highest BCUT2D eigenvalue weighted by atomic mass is 16.8. The maximum Gasteiger partial charge on any atom is 0.336 e. The number of carbonyl (C=O) groups is 1.